The number of ether oxygens (including phenoxy) is 2. The molecule has 0 saturated heterocycles. The van der Waals surface area contributed by atoms with E-state index in [0.717, 1.165) is 11.8 Å². The van der Waals surface area contributed by atoms with Gasteiger partial charge in [-0.3, -0.25) is 5.32 Å². The molecule has 0 unspecified atom stereocenters. The summed E-state index contributed by atoms with van der Waals surface area (Å²) in [6, 6.07) is 15.0. The summed E-state index contributed by atoms with van der Waals surface area (Å²) in [4.78, 5) is 24.0. The van der Waals surface area contributed by atoms with Crippen LogP contribution in [0, 0.1) is 0 Å². The van der Waals surface area contributed by atoms with Gasteiger partial charge in [0.15, 0.2) is 9.84 Å². The number of methoxy groups -OCH3 is 1. The van der Waals surface area contributed by atoms with Gasteiger partial charge in [-0.1, -0.05) is 42.5 Å². The first-order chi connectivity index (χ1) is 12.8. The second-order valence-electron chi connectivity index (χ2n) is 5.58. The van der Waals surface area contributed by atoms with Crippen molar-refractivity contribution in [3.8, 4) is 0 Å². The monoisotopic (exact) mass is 389 g/mol. The summed E-state index contributed by atoms with van der Waals surface area (Å²) in [6.45, 7) is 0.0324. The molecule has 27 heavy (non-hydrogen) atoms. The number of alkyl carbamates (subject to hydrolysis) is 1. The summed E-state index contributed by atoms with van der Waals surface area (Å²) in [5.41, 5.74) is 1.01. The van der Waals surface area contributed by atoms with Gasteiger partial charge < -0.3 is 9.47 Å². The van der Waals surface area contributed by atoms with Gasteiger partial charge in [0.25, 0.3) is 0 Å². The third kappa shape index (κ3) is 6.27. The molecule has 0 fully saturated rings. The minimum absolute atomic E-state index is 0.0324. The van der Waals surface area contributed by atoms with Crippen LogP contribution in [0.1, 0.15) is 11.1 Å². The summed E-state index contributed by atoms with van der Waals surface area (Å²) in [5.74, 6) is -0.795. The van der Waals surface area contributed by atoms with Gasteiger partial charge in [0.2, 0.25) is 0 Å². The number of esters is 1. The smallest absolute Gasteiger partial charge is 0.412 e. The minimum atomic E-state index is -3.41. The van der Waals surface area contributed by atoms with E-state index in [4.69, 9.17) is 4.74 Å². The molecule has 0 atom stereocenters. The lowest BCUT2D eigenvalue weighted by atomic mass is 10.2. The highest BCUT2D eigenvalue weighted by Gasteiger charge is 2.15. The van der Waals surface area contributed by atoms with Crippen LogP contribution in [0.5, 0.6) is 0 Å². The van der Waals surface area contributed by atoms with Crippen molar-refractivity contribution in [2.75, 3.05) is 13.4 Å². The first kappa shape index (κ1) is 20.2. The van der Waals surface area contributed by atoms with Crippen LogP contribution in [0.3, 0.4) is 0 Å². The highest BCUT2D eigenvalue weighted by atomic mass is 32.2. The fourth-order valence-corrected chi connectivity index (χ4v) is 2.80. The van der Waals surface area contributed by atoms with Gasteiger partial charge in [-0.2, -0.15) is 0 Å². The number of amides is 1. The Labute approximate surface area is 157 Å². The van der Waals surface area contributed by atoms with E-state index in [0.29, 0.717) is 5.56 Å². The Balaban J connectivity index is 2.16. The molecule has 0 aliphatic heterocycles. The Morgan fingerprint density at radius 3 is 2.41 bits per heavy atom. The van der Waals surface area contributed by atoms with Crippen LogP contribution >= 0.6 is 0 Å². The Bertz CT molecular complexity index is 951. The second-order valence-corrected chi connectivity index (χ2v) is 7.60. The molecule has 1 amide bonds. The van der Waals surface area contributed by atoms with Crippen molar-refractivity contribution in [1.82, 2.24) is 5.32 Å². The molecular weight excluding hydrogens is 370 g/mol. The van der Waals surface area contributed by atoms with Gasteiger partial charge in [-0.25, -0.2) is 18.0 Å². The number of hydrogen-bond acceptors (Lipinski definition) is 6. The van der Waals surface area contributed by atoms with E-state index >= 15 is 0 Å². The van der Waals surface area contributed by atoms with Crippen LogP contribution < -0.4 is 5.32 Å². The maximum absolute atomic E-state index is 12.0. The molecule has 0 heterocycles. The summed E-state index contributed by atoms with van der Waals surface area (Å²) in [7, 11) is -2.24. The number of carbonyl (C=O) groups is 2. The molecular formula is C19H19NO6S. The number of nitrogens with one attached hydrogen (secondary N) is 1. The van der Waals surface area contributed by atoms with Crippen LogP contribution in [0.15, 0.2) is 65.2 Å². The van der Waals surface area contributed by atoms with Crippen molar-refractivity contribution in [1.29, 1.82) is 0 Å². The molecule has 0 spiro atoms. The lowest BCUT2D eigenvalue weighted by Gasteiger charge is -2.09. The van der Waals surface area contributed by atoms with Crippen molar-refractivity contribution in [2.45, 2.75) is 11.5 Å². The van der Waals surface area contributed by atoms with E-state index in [1.54, 1.807) is 18.2 Å². The fraction of sp³-hybridized carbons (Fsp3) is 0.158. The Morgan fingerprint density at radius 2 is 1.78 bits per heavy atom. The molecule has 2 aromatic rings. The first-order valence-electron chi connectivity index (χ1n) is 7.87. The molecule has 0 aromatic heterocycles. The van der Waals surface area contributed by atoms with Crippen LogP contribution in [0.4, 0.5) is 4.79 Å². The van der Waals surface area contributed by atoms with Gasteiger partial charge in [0.1, 0.15) is 12.3 Å². The Hall–Kier alpha value is -3.13. The number of carbonyl (C=O) groups excluding carboxylic acids is 2. The van der Waals surface area contributed by atoms with Crippen molar-refractivity contribution in [2.24, 2.45) is 0 Å². The van der Waals surface area contributed by atoms with Crippen LogP contribution in [-0.4, -0.2) is 33.8 Å². The predicted molar refractivity (Wildman–Crippen MR) is 99.3 cm³/mol. The van der Waals surface area contributed by atoms with Gasteiger partial charge in [-0.15, -0.1) is 0 Å². The molecule has 0 aliphatic carbocycles. The van der Waals surface area contributed by atoms with Gasteiger partial charge in [0.05, 0.1) is 12.0 Å². The van der Waals surface area contributed by atoms with E-state index in [9.17, 15) is 18.0 Å². The summed E-state index contributed by atoms with van der Waals surface area (Å²) in [5, 5.41) is 2.32. The van der Waals surface area contributed by atoms with Gasteiger partial charge in [0, 0.05) is 6.26 Å². The lowest BCUT2D eigenvalue weighted by molar-refractivity contribution is -0.136. The number of rotatable bonds is 6. The summed E-state index contributed by atoms with van der Waals surface area (Å²) < 4.78 is 33.0. The molecule has 2 rings (SSSR count). The minimum Gasteiger partial charge on any atom is -0.464 e. The fourth-order valence-electron chi connectivity index (χ4n) is 2.13. The molecule has 0 aliphatic rings. The third-order valence-electron chi connectivity index (χ3n) is 3.45. The largest absolute Gasteiger partial charge is 0.464 e. The first-order valence-corrected chi connectivity index (χ1v) is 9.76. The zero-order valence-corrected chi connectivity index (χ0v) is 15.7. The third-order valence-corrected chi connectivity index (χ3v) is 4.56. The van der Waals surface area contributed by atoms with Crippen LogP contribution in [0.2, 0.25) is 0 Å². The SMILES string of the molecule is COC(=O)C(=Cc1cccc(S(C)(=O)=O)c1)NC(=O)OCc1ccccc1. The van der Waals surface area contributed by atoms with Gasteiger partial charge >= 0.3 is 12.1 Å². The molecule has 142 valence electrons. The average Bonchev–Trinajstić information content (AvgIpc) is 2.65. The standard InChI is InChI=1S/C19H19NO6S/c1-25-18(21)17(12-15-9-6-10-16(11-15)27(2,23)24)20-19(22)26-13-14-7-4-3-5-8-14/h3-12H,13H2,1-2H3,(H,20,22). The van der Waals surface area contributed by atoms with Crippen molar-refractivity contribution >= 4 is 28.0 Å². The number of benzene rings is 2. The molecule has 2 aromatic carbocycles. The van der Waals surface area contributed by atoms with Crippen molar-refractivity contribution < 1.29 is 27.5 Å². The van der Waals surface area contributed by atoms with E-state index in [2.05, 4.69) is 10.1 Å². The maximum Gasteiger partial charge on any atom is 0.412 e. The summed E-state index contributed by atoms with van der Waals surface area (Å²) in [6.07, 6.45) is 1.55. The van der Waals surface area contributed by atoms with Crippen molar-refractivity contribution in [3.05, 3.63) is 71.4 Å². The number of sulfone groups is 1. The molecule has 0 radical (unpaired) electrons. The lowest BCUT2D eigenvalue weighted by Crippen LogP contribution is -2.28. The molecule has 1 N–H and O–H groups in total. The van der Waals surface area contributed by atoms with E-state index in [1.165, 1.54) is 31.4 Å². The Kier molecular flexibility index (Phi) is 6.73. The predicted octanol–water partition coefficient (Wildman–Crippen LogP) is 2.53. The Morgan fingerprint density at radius 1 is 1.07 bits per heavy atom. The van der Waals surface area contributed by atoms with Crippen molar-refractivity contribution in [3.63, 3.8) is 0 Å². The van der Waals surface area contributed by atoms with Crippen LogP contribution in [0.25, 0.3) is 6.08 Å². The highest BCUT2D eigenvalue weighted by molar-refractivity contribution is 7.90. The van der Waals surface area contributed by atoms with E-state index in [1.807, 2.05) is 18.2 Å². The van der Waals surface area contributed by atoms with Crippen LogP contribution in [-0.2, 0) is 30.7 Å². The topological polar surface area (TPSA) is 98.8 Å². The normalized spacial score (nSPS) is 11.6. The quantitative estimate of drug-likeness (QED) is 0.602. The van der Waals surface area contributed by atoms with E-state index in [-0.39, 0.29) is 17.2 Å². The zero-order chi connectivity index (χ0) is 19.9. The average molecular weight is 389 g/mol. The molecule has 0 saturated carbocycles. The van der Waals surface area contributed by atoms with Gasteiger partial charge in [-0.05, 0) is 29.3 Å². The summed E-state index contributed by atoms with van der Waals surface area (Å²) >= 11 is 0. The molecule has 8 heteroatoms. The number of hydrogen-bond donors (Lipinski definition) is 1. The molecule has 7 nitrogen and oxygen atoms in total. The maximum atomic E-state index is 12.0. The highest BCUT2D eigenvalue weighted by Crippen LogP contribution is 2.14. The molecule has 0 bridgehead atoms. The van der Waals surface area contributed by atoms with E-state index < -0.39 is 21.9 Å². The second kappa shape index (κ2) is 9.00. The zero-order valence-electron chi connectivity index (χ0n) is 14.8.